The molecule has 0 radical (unpaired) electrons. The largest absolute Gasteiger partial charge is 0.347 e. The van der Waals surface area contributed by atoms with Crippen molar-refractivity contribution in [3.05, 3.63) is 64.8 Å². The lowest BCUT2D eigenvalue weighted by atomic mass is 10.1. The number of nitriles is 1. The average molecular weight is 478 g/mol. The second kappa shape index (κ2) is 8.56. The van der Waals surface area contributed by atoms with Crippen molar-refractivity contribution < 1.29 is 9.18 Å². The summed E-state index contributed by atoms with van der Waals surface area (Å²) in [6.07, 6.45) is 2.50. The van der Waals surface area contributed by atoms with E-state index in [1.54, 1.807) is 28.6 Å². The maximum atomic E-state index is 14.4. The first-order valence-corrected chi connectivity index (χ1v) is 11.1. The van der Waals surface area contributed by atoms with Gasteiger partial charge in [-0.1, -0.05) is 11.6 Å². The van der Waals surface area contributed by atoms with Crippen molar-refractivity contribution in [1.82, 2.24) is 29.5 Å². The third-order valence-electron chi connectivity index (χ3n) is 6.04. The molecule has 1 amide bonds. The van der Waals surface area contributed by atoms with Crippen LogP contribution < -0.4 is 5.32 Å². The summed E-state index contributed by atoms with van der Waals surface area (Å²) in [6.45, 7) is 1.69. The van der Waals surface area contributed by atoms with Crippen LogP contribution in [0.2, 0.25) is 5.15 Å². The van der Waals surface area contributed by atoms with Crippen molar-refractivity contribution in [2.45, 2.75) is 12.5 Å². The molecule has 1 atom stereocenters. The summed E-state index contributed by atoms with van der Waals surface area (Å²) in [4.78, 5) is 19.7. The number of aromatic nitrogens is 4. The van der Waals surface area contributed by atoms with Crippen LogP contribution in [0.25, 0.3) is 28.0 Å². The first kappa shape index (κ1) is 22.1. The summed E-state index contributed by atoms with van der Waals surface area (Å²) in [6, 6.07) is 11.7. The van der Waals surface area contributed by atoms with Crippen molar-refractivity contribution in [2.24, 2.45) is 7.05 Å². The SMILES string of the molecule is CN1CC[C@H](NC(=O)c2cn(-c3ccc4nn(C)c(Cl)c4c3)c(-c3ccc(C#N)c(F)c3)n2)C1. The molecule has 5 rings (SSSR count). The van der Waals surface area contributed by atoms with Gasteiger partial charge in [-0.3, -0.25) is 14.0 Å². The lowest BCUT2D eigenvalue weighted by molar-refractivity contribution is 0.0934. The summed E-state index contributed by atoms with van der Waals surface area (Å²) in [5.74, 6) is -0.577. The Labute approximate surface area is 200 Å². The monoisotopic (exact) mass is 477 g/mol. The van der Waals surface area contributed by atoms with Gasteiger partial charge in [-0.15, -0.1) is 0 Å². The predicted octanol–water partition coefficient (Wildman–Crippen LogP) is 3.52. The average Bonchev–Trinajstić information content (AvgIpc) is 3.51. The first-order valence-electron chi connectivity index (χ1n) is 10.8. The fraction of sp³-hybridized carbons (Fsp3) is 0.250. The van der Waals surface area contributed by atoms with Crippen LogP contribution in [0.5, 0.6) is 0 Å². The first-order chi connectivity index (χ1) is 16.3. The second-order valence-electron chi connectivity index (χ2n) is 8.46. The Morgan fingerprint density at radius 3 is 2.79 bits per heavy atom. The van der Waals surface area contributed by atoms with E-state index >= 15 is 0 Å². The van der Waals surface area contributed by atoms with Gasteiger partial charge in [0.05, 0.1) is 11.1 Å². The molecule has 0 spiro atoms. The maximum Gasteiger partial charge on any atom is 0.271 e. The normalized spacial score (nSPS) is 16.1. The summed E-state index contributed by atoms with van der Waals surface area (Å²) in [5, 5.41) is 17.7. The number of aryl methyl sites for hydroxylation is 1. The third-order valence-corrected chi connectivity index (χ3v) is 6.48. The molecule has 34 heavy (non-hydrogen) atoms. The number of benzene rings is 2. The number of nitrogens with one attached hydrogen (secondary N) is 1. The molecule has 1 N–H and O–H groups in total. The molecule has 2 aromatic heterocycles. The number of carbonyl (C=O) groups is 1. The van der Waals surface area contributed by atoms with Gasteiger partial charge in [0.15, 0.2) is 0 Å². The van der Waals surface area contributed by atoms with E-state index in [1.165, 1.54) is 12.1 Å². The summed E-state index contributed by atoms with van der Waals surface area (Å²) in [7, 11) is 3.77. The van der Waals surface area contributed by atoms with Crippen LogP contribution in [0.3, 0.4) is 0 Å². The van der Waals surface area contributed by atoms with Crippen LogP contribution in [0.1, 0.15) is 22.5 Å². The van der Waals surface area contributed by atoms with Crippen LogP contribution >= 0.6 is 11.6 Å². The molecule has 172 valence electrons. The minimum Gasteiger partial charge on any atom is -0.347 e. The van der Waals surface area contributed by atoms with Crippen LogP contribution in [0, 0.1) is 17.1 Å². The van der Waals surface area contributed by atoms with E-state index in [0.717, 1.165) is 30.4 Å². The number of carbonyl (C=O) groups excluding carboxylic acids is 1. The van der Waals surface area contributed by atoms with E-state index in [2.05, 4.69) is 20.3 Å². The van der Waals surface area contributed by atoms with Gasteiger partial charge < -0.3 is 10.2 Å². The van der Waals surface area contributed by atoms with Crippen LogP contribution in [-0.4, -0.2) is 56.3 Å². The molecule has 1 aliphatic heterocycles. The van der Waals surface area contributed by atoms with Gasteiger partial charge in [-0.25, -0.2) is 9.37 Å². The van der Waals surface area contributed by atoms with E-state index in [0.29, 0.717) is 22.2 Å². The van der Waals surface area contributed by atoms with Gasteiger partial charge in [0, 0.05) is 42.5 Å². The molecule has 0 saturated carbocycles. The van der Waals surface area contributed by atoms with Gasteiger partial charge in [0.25, 0.3) is 5.91 Å². The molecule has 4 aromatic rings. The molecule has 1 aliphatic rings. The van der Waals surface area contributed by atoms with Crippen molar-refractivity contribution >= 4 is 28.4 Å². The van der Waals surface area contributed by atoms with Crippen LogP contribution in [0.15, 0.2) is 42.6 Å². The highest BCUT2D eigenvalue weighted by molar-refractivity contribution is 6.34. The molecular weight excluding hydrogens is 457 g/mol. The van der Waals surface area contributed by atoms with Gasteiger partial charge in [-0.05, 0) is 56.4 Å². The molecule has 3 heterocycles. The van der Waals surface area contributed by atoms with E-state index in [4.69, 9.17) is 16.9 Å². The van der Waals surface area contributed by atoms with Gasteiger partial charge in [-0.2, -0.15) is 10.4 Å². The summed E-state index contributed by atoms with van der Waals surface area (Å²) >= 11 is 6.40. The van der Waals surface area contributed by atoms with Crippen molar-refractivity contribution in [1.29, 1.82) is 5.26 Å². The van der Waals surface area contributed by atoms with Crippen molar-refractivity contribution in [2.75, 3.05) is 20.1 Å². The van der Waals surface area contributed by atoms with E-state index < -0.39 is 5.82 Å². The quantitative estimate of drug-likeness (QED) is 0.485. The fourth-order valence-electron chi connectivity index (χ4n) is 4.25. The Morgan fingerprint density at radius 2 is 2.09 bits per heavy atom. The Bertz CT molecular complexity index is 1470. The zero-order valence-electron chi connectivity index (χ0n) is 18.6. The predicted molar refractivity (Wildman–Crippen MR) is 126 cm³/mol. The fourth-order valence-corrected chi connectivity index (χ4v) is 4.44. The maximum absolute atomic E-state index is 14.4. The Balaban J connectivity index is 1.60. The summed E-state index contributed by atoms with van der Waals surface area (Å²) < 4.78 is 17.7. The zero-order valence-corrected chi connectivity index (χ0v) is 19.3. The number of fused-ring (bicyclic) bond motifs is 1. The molecule has 8 nitrogen and oxygen atoms in total. The molecule has 1 saturated heterocycles. The Hall–Kier alpha value is -3.74. The number of likely N-dealkylation sites (tertiary alicyclic amines) is 1. The van der Waals surface area contributed by atoms with E-state index in [1.807, 2.05) is 31.3 Å². The van der Waals surface area contributed by atoms with E-state index in [9.17, 15) is 9.18 Å². The number of rotatable bonds is 4. The molecule has 10 heteroatoms. The van der Waals surface area contributed by atoms with Crippen molar-refractivity contribution in [3.63, 3.8) is 0 Å². The summed E-state index contributed by atoms with van der Waals surface area (Å²) in [5.41, 5.74) is 2.01. The third kappa shape index (κ3) is 3.91. The van der Waals surface area contributed by atoms with Crippen LogP contribution in [-0.2, 0) is 7.05 Å². The molecule has 0 unspecified atom stereocenters. The van der Waals surface area contributed by atoms with Gasteiger partial charge in [0.1, 0.15) is 28.6 Å². The standard InChI is InChI=1S/C24H21ClFN7O/c1-31-8-7-16(12-31)28-24(34)21-13-33(17-5-6-20-18(10-17)22(25)32(2)30-20)23(29-21)14-3-4-15(11-27)19(26)9-14/h3-6,9-10,13,16H,7-8,12H2,1-2H3,(H,28,34)/t16-/m0/s1. The lowest BCUT2D eigenvalue weighted by Gasteiger charge is -2.11. The molecule has 1 fully saturated rings. The van der Waals surface area contributed by atoms with E-state index in [-0.39, 0.29) is 23.2 Å². The topological polar surface area (TPSA) is 91.8 Å². The minimum atomic E-state index is -0.652. The van der Waals surface area contributed by atoms with Gasteiger partial charge >= 0.3 is 0 Å². The number of amides is 1. The number of halogens is 2. The van der Waals surface area contributed by atoms with Crippen LogP contribution in [0.4, 0.5) is 4.39 Å². The molecule has 0 aliphatic carbocycles. The zero-order chi connectivity index (χ0) is 24.0. The highest BCUT2D eigenvalue weighted by atomic mass is 35.5. The van der Waals surface area contributed by atoms with Crippen molar-refractivity contribution in [3.8, 4) is 23.1 Å². The highest BCUT2D eigenvalue weighted by Crippen LogP contribution is 2.29. The second-order valence-corrected chi connectivity index (χ2v) is 8.82. The number of hydrogen-bond donors (Lipinski definition) is 1. The number of imidazole rings is 1. The highest BCUT2D eigenvalue weighted by Gasteiger charge is 2.24. The Kier molecular flexibility index (Phi) is 5.55. The number of likely N-dealkylation sites (N-methyl/N-ethyl adjacent to an activating group) is 1. The lowest BCUT2D eigenvalue weighted by Crippen LogP contribution is -2.36. The number of hydrogen-bond acceptors (Lipinski definition) is 5. The Morgan fingerprint density at radius 1 is 1.26 bits per heavy atom. The molecular formula is C24H21ClFN7O. The minimum absolute atomic E-state index is 0.0454. The molecule has 0 bridgehead atoms. The number of nitrogens with zero attached hydrogens (tertiary/aromatic N) is 6. The smallest absolute Gasteiger partial charge is 0.271 e. The van der Waals surface area contributed by atoms with Gasteiger partial charge in [0.2, 0.25) is 0 Å². The molecule has 2 aromatic carbocycles.